The van der Waals surface area contributed by atoms with Crippen molar-refractivity contribution in [3.8, 4) is 6.07 Å². The van der Waals surface area contributed by atoms with Gasteiger partial charge in [0, 0.05) is 25.7 Å². The van der Waals surface area contributed by atoms with E-state index in [1.165, 1.54) is 0 Å². The molecule has 1 atom stereocenters. The molecule has 0 radical (unpaired) electrons. The molecule has 6 heteroatoms. The molecule has 0 fully saturated rings. The highest BCUT2D eigenvalue weighted by molar-refractivity contribution is 5.38. The van der Waals surface area contributed by atoms with Crippen LogP contribution in [0.2, 0.25) is 0 Å². The van der Waals surface area contributed by atoms with Crippen molar-refractivity contribution < 1.29 is 0 Å². The molecule has 20 heavy (non-hydrogen) atoms. The van der Waals surface area contributed by atoms with Crippen LogP contribution in [0.1, 0.15) is 23.6 Å². The molecule has 0 amide bonds. The zero-order valence-corrected chi connectivity index (χ0v) is 11.4. The number of hydrogen-bond donors (Lipinski definition) is 1. The second kappa shape index (κ2) is 5.29. The zero-order chi connectivity index (χ0) is 13.9. The first-order valence-corrected chi connectivity index (χ1v) is 6.75. The molecule has 3 heterocycles. The van der Waals surface area contributed by atoms with Gasteiger partial charge in [-0.25, -0.2) is 4.98 Å². The van der Waals surface area contributed by atoms with Crippen LogP contribution in [0.5, 0.6) is 0 Å². The van der Waals surface area contributed by atoms with Gasteiger partial charge in [0.25, 0.3) is 0 Å². The van der Waals surface area contributed by atoms with Crippen LogP contribution in [0.3, 0.4) is 0 Å². The van der Waals surface area contributed by atoms with E-state index in [1.54, 1.807) is 12.3 Å². The smallest absolute Gasteiger partial charge is 0.133 e. The fourth-order valence-electron chi connectivity index (χ4n) is 2.51. The summed E-state index contributed by atoms with van der Waals surface area (Å²) in [4.78, 5) is 4.22. The number of nitrogens with one attached hydrogen (secondary N) is 1. The average molecular weight is 268 g/mol. The first-order chi connectivity index (χ1) is 9.76. The molecule has 0 saturated carbocycles. The predicted molar refractivity (Wildman–Crippen MR) is 74.0 cm³/mol. The van der Waals surface area contributed by atoms with Crippen LogP contribution in [0, 0.1) is 24.2 Å². The maximum absolute atomic E-state index is 8.74. The third-order valence-electron chi connectivity index (χ3n) is 3.69. The molecule has 0 spiro atoms. The Morgan fingerprint density at radius 3 is 3.10 bits per heavy atom. The lowest BCUT2D eigenvalue weighted by Gasteiger charge is -2.24. The molecule has 1 unspecified atom stereocenters. The van der Waals surface area contributed by atoms with Gasteiger partial charge in [-0.1, -0.05) is 0 Å². The van der Waals surface area contributed by atoms with E-state index in [0.717, 1.165) is 43.4 Å². The number of anilines is 1. The normalized spacial score (nSPS) is 17.3. The molecule has 1 N–H and O–H groups in total. The molecule has 2 aromatic heterocycles. The highest BCUT2D eigenvalue weighted by Gasteiger charge is 2.21. The molecular weight excluding hydrogens is 252 g/mol. The summed E-state index contributed by atoms with van der Waals surface area (Å²) in [5.74, 6) is 3.45. The molecule has 0 aliphatic carbocycles. The molecule has 1 aliphatic heterocycles. The van der Waals surface area contributed by atoms with E-state index < -0.39 is 0 Å². The molecule has 1 aliphatic rings. The van der Waals surface area contributed by atoms with Crippen LogP contribution in [-0.2, 0) is 13.0 Å². The Balaban J connectivity index is 1.59. The van der Waals surface area contributed by atoms with Gasteiger partial charge >= 0.3 is 0 Å². The van der Waals surface area contributed by atoms with Crippen LogP contribution >= 0.6 is 0 Å². The zero-order valence-electron chi connectivity index (χ0n) is 11.4. The molecule has 0 saturated heterocycles. The average Bonchev–Trinajstić information content (AvgIpc) is 2.87. The van der Waals surface area contributed by atoms with Crippen molar-refractivity contribution in [3.05, 3.63) is 35.5 Å². The Bertz CT molecular complexity index is 637. The number of rotatable bonds is 3. The lowest BCUT2D eigenvalue weighted by Crippen LogP contribution is -2.26. The van der Waals surface area contributed by atoms with Crippen LogP contribution in [-0.4, -0.2) is 26.3 Å². The number of pyridine rings is 1. The Kier molecular flexibility index (Phi) is 3.33. The van der Waals surface area contributed by atoms with Crippen molar-refractivity contribution in [2.75, 3.05) is 11.9 Å². The van der Waals surface area contributed by atoms with E-state index in [1.807, 2.05) is 13.0 Å². The van der Waals surface area contributed by atoms with Gasteiger partial charge in [0.1, 0.15) is 23.5 Å². The summed E-state index contributed by atoms with van der Waals surface area (Å²) < 4.78 is 2.20. The molecule has 6 nitrogen and oxygen atoms in total. The minimum Gasteiger partial charge on any atom is -0.370 e. The Morgan fingerprint density at radius 1 is 1.45 bits per heavy atom. The van der Waals surface area contributed by atoms with Crippen LogP contribution in [0.25, 0.3) is 0 Å². The molecule has 102 valence electrons. The maximum Gasteiger partial charge on any atom is 0.133 e. The molecule has 3 rings (SSSR count). The second-order valence-electron chi connectivity index (χ2n) is 5.10. The van der Waals surface area contributed by atoms with Crippen molar-refractivity contribution in [3.63, 3.8) is 0 Å². The third-order valence-corrected chi connectivity index (χ3v) is 3.69. The first-order valence-electron chi connectivity index (χ1n) is 6.75. The predicted octanol–water partition coefficient (Wildman–Crippen LogP) is 1.53. The summed E-state index contributed by atoms with van der Waals surface area (Å²) in [6.07, 6.45) is 3.68. The van der Waals surface area contributed by atoms with Crippen LogP contribution in [0.4, 0.5) is 5.82 Å². The number of fused-ring (bicyclic) bond motifs is 1. The standard InChI is InChI=1S/C14H16N6/c1-10-18-19-14-5-3-12(9-20(10)14)8-17-13-4-2-11(6-15)7-16-13/h2,4,7,12H,3,5,8-9H2,1H3,(H,16,17). The quantitative estimate of drug-likeness (QED) is 0.913. The summed E-state index contributed by atoms with van der Waals surface area (Å²) in [6.45, 7) is 3.82. The summed E-state index contributed by atoms with van der Waals surface area (Å²) in [5, 5.41) is 20.4. The molecule has 0 bridgehead atoms. The number of nitrogens with zero attached hydrogens (tertiary/aromatic N) is 5. The van der Waals surface area contributed by atoms with Crippen molar-refractivity contribution in [2.24, 2.45) is 5.92 Å². The molecule has 2 aromatic rings. The van der Waals surface area contributed by atoms with E-state index in [0.29, 0.717) is 11.5 Å². The van der Waals surface area contributed by atoms with Gasteiger partial charge in [-0.2, -0.15) is 5.26 Å². The Labute approximate surface area is 117 Å². The number of hydrogen-bond acceptors (Lipinski definition) is 5. The lowest BCUT2D eigenvalue weighted by molar-refractivity contribution is 0.376. The van der Waals surface area contributed by atoms with Gasteiger partial charge in [0.2, 0.25) is 0 Å². The molecule has 0 aromatic carbocycles. The van der Waals surface area contributed by atoms with Gasteiger partial charge in [0.05, 0.1) is 5.56 Å². The van der Waals surface area contributed by atoms with E-state index in [9.17, 15) is 0 Å². The fourth-order valence-corrected chi connectivity index (χ4v) is 2.51. The van der Waals surface area contributed by atoms with Gasteiger partial charge in [-0.3, -0.25) is 0 Å². The van der Waals surface area contributed by atoms with E-state index >= 15 is 0 Å². The largest absolute Gasteiger partial charge is 0.370 e. The highest BCUT2D eigenvalue weighted by Crippen LogP contribution is 2.20. The summed E-state index contributed by atoms with van der Waals surface area (Å²) >= 11 is 0. The van der Waals surface area contributed by atoms with Crippen LogP contribution in [0.15, 0.2) is 18.3 Å². The second-order valence-corrected chi connectivity index (χ2v) is 5.10. The summed E-state index contributed by atoms with van der Waals surface area (Å²) in [7, 11) is 0. The van der Waals surface area contributed by atoms with Crippen molar-refractivity contribution in [1.82, 2.24) is 19.7 Å². The van der Waals surface area contributed by atoms with Gasteiger partial charge in [0.15, 0.2) is 0 Å². The lowest BCUT2D eigenvalue weighted by atomic mass is 9.99. The van der Waals surface area contributed by atoms with Gasteiger partial charge in [-0.05, 0) is 31.4 Å². The maximum atomic E-state index is 8.74. The number of aromatic nitrogens is 4. The first kappa shape index (κ1) is 12.6. The number of aryl methyl sites for hydroxylation is 2. The van der Waals surface area contributed by atoms with Crippen LogP contribution < -0.4 is 5.32 Å². The molecular formula is C14H16N6. The van der Waals surface area contributed by atoms with Crippen molar-refractivity contribution in [1.29, 1.82) is 5.26 Å². The van der Waals surface area contributed by atoms with Gasteiger partial charge in [-0.15, -0.1) is 10.2 Å². The Hall–Kier alpha value is -2.42. The van der Waals surface area contributed by atoms with Gasteiger partial charge < -0.3 is 9.88 Å². The number of nitriles is 1. The monoisotopic (exact) mass is 268 g/mol. The van der Waals surface area contributed by atoms with Crippen molar-refractivity contribution in [2.45, 2.75) is 26.3 Å². The fraction of sp³-hybridized carbons (Fsp3) is 0.429. The topological polar surface area (TPSA) is 79.4 Å². The summed E-state index contributed by atoms with van der Waals surface area (Å²) in [6, 6.07) is 5.69. The van der Waals surface area contributed by atoms with E-state index in [-0.39, 0.29) is 0 Å². The highest BCUT2D eigenvalue weighted by atomic mass is 15.3. The minimum atomic E-state index is 0.551. The summed E-state index contributed by atoms with van der Waals surface area (Å²) in [5.41, 5.74) is 0.581. The van der Waals surface area contributed by atoms with E-state index in [4.69, 9.17) is 5.26 Å². The minimum absolute atomic E-state index is 0.551. The Morgan fingerprint density at radius 2 is 2.35 bits per heavy atom. The SMILES string of the molecule is Cc1nnc2n1CC(CNc1ccc(C#N)cn1)CC2. The van der Waals surface area contributed by atoms with Crippen molar-refractivity contribution >= 4 is 5.82 Å². The third kappa shape index (κ3) is 2.48. The van der Waals surface area contributed by atoms with E-state index in [2.05, 4.69) is 31.1 Å².